The molecule has 138 valence electrons. The number of hydrogen-bond donors (Lipinski definition) is 2. The van der Waals surface area contributed by atoms with E-state index in [4.69, 9.17) is 4.74 Å². The molecule has 6 nitrogen and oxygen atoms in total. The molecule has 2 heterocycles. The molecule has 0 fully saturated rings. The Kier molecular flexibility index (Phi) is 4.78. The number of urea groups is 1. The molecule has 4 rings (SSSR count). The van der Waals surface area contributed by atoms with E-state index in [1.54, 1.807) is 10.9 Å². The van der Waals surface area contributed by atoms with E-state index in [1.807, 2.05) is 55.6 Å². The molecule has 0 bridgehead atoms. The monoisotopic (exact) mass is 362 g/mol. The minimum absolute atomic E-state index is 0.0264. The Morgan fingerprint density at radius 3 is 2.85 bits per heavy atom. The Morgan fingerprint density at radius 1 is 1.22 bits per heavy atom. The number of amides is 2. The molecule has 0 aliphatic carbocycles. The molecule has 1 atom stereocenters. The van der Waals surface area contributed by atoms with Crippen molar-refractivity contribution in [3.63, 3.8) is 0 Å². The van der Waals surface area contributed by atoms with Crippen LogP contribution in [0.2, 0.25) is 0 Å². The van der Waals surface area contributed by atoms with E-state index in [2.05, 4.69) is 21.8 Å². The Hall–Kier alpha value is -3.28. The Labute approximate surface area is 158 Å². The molecule has 0 saturated heterocycles. The predicted octanol–water partition coefficient (Wildman–Crippen LogP) is 2.98. The highest BCUT2D eigenvalue weighted by molar-refractivity contribution is 5.74. The molecule has 1 unspecified atom stereocenters. The van der Waals surface area contributed by atoms with E-state index in [1.165, 1.54) is 0 Å². The number of nitrogens with one attached hydrogen (secondary N) is 2. The Bertz CT molecular complexity index is 920. The number of para-hydroxylation sites is 1. The summed E-state index contributed by atoms with van der Waals surface area (Å²) in [5.74, 6) is 0.952. The van der Waals surface area contributed by atoms with Gasteiger partial charge in [0.15, 0.2) is 0 Å². The average molecular weight is 362 g/mol. The quantitative estimate of drug-likeness (QED) is 0.750. The van der Waals surface area contributed by atoms with Gasteiger partial charge in [0, 0.05) is 18.9 Å². The van der Waals surface area contributed by atoms with Crippen molar-refractivity contribution in [1.29, 1.82) is 0 Å². The lowest BCUT2D eigenvalue weighted by molar-refractivity contribution is 0.213. The molecule has 0 saturated carbocycles. The zero-order valence-corrected chi connectivity index (χ0v) is 15.2. The number of hydrogen-bond acceptors (Lipinski definition) is 3. The summed E-state index contributed by atoms with van der Waals surface area (Å²) >= 11 is 0. The van der Waals surface area contributed by atoms with Gasteiger partial charge in [0.25, 0.3) is 0 Å². The molecule has 1 aromatic heterocycles. The van der Waals surface area contributed by atoms with Crippen LogP contribution in [0.15, 0.2) is 60.9 Å². The largest absolute Gasteiger partial charge is 0.491 e. The van der Waals surface area contributed by atoms with E-state index in [0.717, 1.165) is 34.5 Å². The summed E-state index contributed by atoms with van der Waals surface area (Å²) < 4.78 is 7.63. The normalized spacial score (nSPS) is 15.5. The van der Waals surface area contributed by atoms with Crippen molar-refractivity contribution in [1.82, 2.24) is 20.4 Å². The van der Waals surface area contributed by atoms with E-state index in [-0.39, 0.29) is 12.1 Å². The first-order chi connectivity index (χ1) is 13.2. The van der Waals surface area contributed by atoms with Gasteiger partial charge in [0.1, 0.15) is 12.4 Å². The van der Waals surface area contributed by atoms with Crippen molar-refractivity contribution in [2.24, 2.45) is 0 Å². The first kappa shape index (κ1) is 17.1. The van der Waals surface area contributed by atoms with Crippen molar-refractivity contribution in [2.45, 2.75) is 25.9 Å². The Morgan fingerprint density at radius 2 is 2.07 bits per heavy atom. The third-order valence-electron chi connectivity index (χ3n) is 4.68. The number of aryl methyl sites for hydroxylation is 1. The van der Waals surface area contributed by atoms with Crippen LogP contribution in [-0.2, 0) is 13.0 Å². The van der Waals surface area contributed by atoms with Gasteiger partial charge >= 0.3 is 6.03 Å². The summed E-state index contributed by atoms with van der Waals surface area (Å²) in [7, 11) is 0. The van der Waals surface area contributed by atoms with Crippen molar-refractivity contribution in [3.05, 3.63) is 77.6 Å². The highest BCUT2D eigenvalue weighted by Gasteiger charge is 2.22. The van der Waals surface area contributed by atoms with E-state index in [0.29, 0.717) is 13.2 Å². The maximum Gasteiger partial charge on any atom is 0.315 e. The van der Waals surface area contributed by atoms with E-state index in [9.17, 15) is 4.79 Å². The summed E-state index contributed by atoms with van der Waals surface area (Å²) in [6, 6.07) is 15.7. The number of rotatable bonds is 4. The van der Waals surface area contributed by atoms with Gasteiger partial charge in [-0.25, -0.2) is 9.48 Å². The second-order valence-electron chi connectivity index (χ2n) is 6.72. The molecular formula is C21H22N4O2. The maximum atomic E-state index is 12.2. The smallest absolute Gasteiger partial charge is 0.315 e. The van der Waals surface area contributed by atoms with Crippen molar-refractivity contribution >= 4 is 6.03 Å². The number of fused-ring (bicyclic) bond motifs is 1. The molecular weight excluding hydrogens is 340 g/mol. The number of carbonyl (C=O) groups is 1. The topological polar surface area (TPSA) is 68.2 Å². The van der Waals surface area contributed by atoms with Crippen LogP contribution in [0, 0.1) is 6.92 Å². The fraction of sp³-hybridized carbons (Fsp3) is 0.238. The number of ether oxygens (including phenoxy) is 1. The predicted molar refractivity (Wildman–Crippen MR) is 103 cm³/mol. The first-order valence-electron chi connectivity index (χ1n) is 9.03. The lowest BCUT2D eigenvalue weighted by Gasteiger charge is -2.27. The number of carbonyl (C=O) groups excluding carboxylic acids is 1. The summed E-state index contributed by atoms with van der Waals surface area (Å²) in [6.07, 6.45) is 4.42. The summed E-state index contributed by atoms with van der Waals surface area (Å²) in [6.45, 7) is 3.00. The van der Waals surface area contributed by atoms with Gasteiger partial charge in [-0.3, -0.25) is 0 Å². The molecule has 1 aliphatic rings. The van der Waals surface area contributed by atoms with Crippen LogP contribution in [0.4, 0.5) is 4.79 Å². The van der Waals surface area contributed by atoms with Crippen molar-refractivity contribution in [2.75, 3.05) is 6.61 Å². The van der Waals surface area contributed by atoms with Crippen LogP contribution in [0.5, 0.6) is 5.75 Å². The van der Waals surface area contributed by atoms with Gasteiger partial charge in [-0.2, -0.15) is 5.10 Å². The molecule has 2 N–H and O–H groups in total. The molecule has 27 heavy (non-hydrogen) atoms. The maximum absolute atomic E-state index is 12.2. The average Bonchev–Trinajstić information content (AvgIpc) is 3.22. The molecule has 6 heteroatoms. The number of aromatic nitrogens is 2. The molecule has 0 spiro atoms. The van der Waals surface area contributed by atoms with Gasteiger partial charge in [-0.1, -0.05) is 30.3 Å². The second-order valence-corrected chi connectivity index (χ2v) is 6.72. The fourth-order valence-electron chi connectivity index (χ4n) is 3.29. The zero-order chi connectivity index (χ0) is 18.6. The van der Waals surface area contributed by atoms with Gasteiger partial charge in [-0.15, -0.1) is 0 Å². The molecule has 2 amide bonds. The van der Waals surface area contributed by atoms with Gasteiger partial charge < -0.3 is 15.4 Å². The lowest BCUT2D eigenvalue weighted by Crippen LogP contribution is -2.47. The SMILES string of the molecule is Cc1cccc2c1OCC(NC(=O)NCc1ccc(-n3cccn3)cc1)C2. The Balaban J connectivity index is 1.29. The van der Waals surface area contributed by atoms with Crippen LogP contribution < -0.4 is 15.4 Å². The highest BCUT2D eigenvalue weighted by atomic mass is 16.5. The van der Waals surface area contributed by atoms with Crippen LogP contribution in [0.25, 0.3) is 5.69 Å². The fourth-order valence-corrected chi connectivity index (χ4v) is 3.29. The van der Waals surface area contributed by atoms with Gasteiger partial charge in [-0.05, 0) is 48.2 Å². The summed E-state index contributed by atoms with van der Waals surface area (Å²) in [5, 5.41) is 10.1. The van der Waals surface area contributed by atoms with Crippen LogP contribution >= 0.6 is 0 Å². The zero-order valence-electron chi connectivity index (χ0n) is 15.2. The van der Waals surface area contributed by atoms with E-state index >= 15 is 0 Å². The van der Waals surface area contributed by atoms with Gasteiger partial charge in [0.05, 0.1) is 11.7 Å². The summed E-state index contributed by atoms with van der Waals surface area (Å²) in [4.78, 5) is 12.2. The third kappa shape index (κ3) is 3.95. The standard InChI is InChI=1S/C21H22N4O2/c1-15-4-2-5-17-12-18(14-27-20(15)17)24-21(26)22-13-16-6-8-19(9-7-16)25-11-3-10-23-25/h2-11,18H,12-14H2,1H3,(H2,22,24,26). The van der Waals surface area contributed by atoms with Crippen molar-refractivity contribution in [3.8, 4) is 11.4 Å². The molecule has 1 aliphatic heterocycles. The lowest BCUT2D eigenvalue weighted by atomic mass is 10.0. The molecule has 2 aromatic carbocycles. The number of benzene rings is 2. The minimum Gasteiger partial charge on any atom is -0.491 e. The van der Waals surface area contributed by atoms with Gasteiger partial charge in [0.2, 0.25) is 0 Å². The minimum atomic E-state index is -0.184. The first-order valence-corrected chi connectivity index (χ1v) is 9.03. The molecule has 0 radical (unpaired) electrons. The molecule has 3 aromatic rings. The summed E-state index contributed by atoms with van der Waals surface area (Å²) in [5.41, 5.74) is 4.29. The third-order valence-corrected chi connectivity index (χ3v) is 4.68. The highest BCUT2D eigenvalue weighted by Crippen LogP contribution is 2.28. The second kappa shape index (κ2) is 7.53. The van der Waals surface area contributed by atoms with E-state index < -0.39 is 0 Å². The van der Waals surface area contributed by atoms with Crippen LogP contribution in [0.1, 0.15) is 16.7 Å². The van der Waals surface area contributed by atoms with Crippen LogP contribution in [0.3, 0.4) is 0 Å². The van der Waals surface area contributed by atoms with Crippen molar-refractivity contribution < 1.29 is 9.53 Å². The number of nitrogens with zero attached hydrogens (tertiary/aromatic N) is 2. The van der Waals surface area contributed by atoms with Crippen LogP contribution in [-0.4, -0.2) is 28.5 Å².